The summed E-state index contributed by atoms with van der Waals surface area (Å²) in [6, 6.07) is 7.04. The number of hydrogen-bond acceptors (Lipinski definition) is 6. The monoisotopic (exact) mass is 489 g/mol. The molecule has 0 aliphatic rings. The van der Waals surface area contributed by atoms with Crippen molar-refractivity contribution < 1.29 is 23.1 Å². The quantitative estimate of drug-likeness (QED) is 0.447. The number of amides is 1. The van der Waals surface area contributed by atoms with Gasteiger partial charge in [0, 0.05) is 36.6 Å². The molecule has 0 saturated carbocycles. The van der Waals surface area contributed by atoms with Crippen molar-refractivity contribution in [1.29, 1.82) is 0 Å². The van der Waals surface area contributed by atoms with Crippen LogP contribution in [0.2, 0.25) is 0 Å². The number of aromatic nitrogens is 4. The predicted octanol–water partition coefficient (Wildman–Crippen LogP) is 3.55. The molecule has 176 valence electrons. The molecule has 1 atom stereocenters. The summed E-state index contributed by atoms with van der Waals surface area (Å²) in [4.78, 5) is 33.0. The van der Waals surface area contributed by atoms with Gasteiger partial charge in [0.15, 0.2) is 5.82 Å². The standard InChI is InChI=1S/C22H18F3N5O3S/c1-21(33,13-4-3-5-14(8-13)22(23,24)25)20-28-17(10-29(20)2)30-7-6-15(9-18(30)31)27-19(32)16-11-34-12-26-16/h3-12,33H,1-2H3,(H,27,32). The SMILES string of the molecule is Cn1cc(-n2ccc(NC(=O)c3cscn3)cc2=O)nc1C(C)(O)c1cccc(C(F)(F)F)c1. The number of imidazole rings is 1. The number of aliphatic hydroxyl groups is 1. The molecule has 0 bridgehead atoms. The Bertz CT molecular complexity index is 1410. The Morgan fingerprint density at radius 3 is 2.56 bits per heavy atom. The van der Waals surface area contributed by atoms with E-state index >= 15 is 0 Å². The number of hydrogen-bond donors (Lipinski definition) is 2. The highest BCUT2D eigenvalue weighted by Gasteiger charge is 2.35. The number of carbonyl (C=O) groups excluding carboxylic acids is 1. The van der Waals surface area contributed by atoms with Crippen LogP contribution in [0.4, 0.5) is 18.9 Å². The van der Waals surface area contributed by atoms with Gasteiger partial charge in [-0.3, -0.25) is 14.2 Å². The van der Waals surface area contributed by atoms with E-state index in [1.807, 2.05) is 0 Å². The van der Waals surface area contributed by atoms with Gasteiger partial charge in [-0.25, -0.2) is 9.97 Å². The van der Waals surface area contributed by atoms with E-state index in [1.165, 1.54) is 69.6 Å². The van der Waals surface area contributed by atoms with Gasteiger partial charge >= 0.3 is 6.18 Å². The minimum Gasteiger partial charge on any atom is -0.377 e. The van der Waals surface area contributed by atoms with E-state index in [-0.39, 0.29) is 28.6 Å². The van der Waals surface area contributed by atoms with Gasteiger partial charge in [-0.1, -0.05) is 12.1 Å². The maximum Gasteiger partial charge on any atom is 0.416 e. The summed E-state index contributed by atoms with van der Waals surface area (Å²) in [5, 5.41) is 15.3. The van der Waals surface area contributed by atoms with E-state index in [4.69, 9.17) is 0 Å². The summed E-state index contributed by atoms with van der Waals surface area (Å²) in [6.45, 7) is 1.33. The Morgan fingerprint density at radius 2 is 1.91 bits per heavy atom. The molecule has 0 aliphatic heterocycles. The lowest BCUT2D eigenvalue weighted by Gasteiger charge is -2.24. The van der Waals surface area contributed by atoms with Crippen LogP contribution in [0.5, 0.6) is 0 Å². The second kappa shape index (κ2) is 8.54. The van der Waals surface area contributed by atoms with Crippen molar-refractivity contribution in [3.8, 4) is 5.82 Å². The maximum absolute atomic E-state index is 13.1. The van der Waals surface area contributed by atoms with E-state index in [9.17, 15) is 27.9 Å². The van der Waals surface area contributed by atoms with Crippen molar-refractivity contribution in [3.63, 3.8) is 0 Å². The number of nitrogens with zero attached hydrogens (tertiary/aromatic N) is 4. The van der Waals surface area contributed by atoms with Crippen LogP contribution < -0.4 is 10.9 Å². The molecule has 1 aromatic carbocycles. The van der Waals surface area contributed by atoms with Crippen molar-refractivity contribution in [3.05, 3.63) is 92.7 Å². The summed E-state index contributed by atoms with van der Waals surface area (Å²) in [6.07, 6.45) is -1.71. The molecule has 8 nitrogen and oxygen atoms in total. The second-order valence-corrected chi connectivity index (χ2v) is 8.35. The van der Waals surface area contributed by atoms with Gasteiger partial charge in [-0.15, -0.1) is 11.3 Å². The molecule has 0 saturated heterocycles. The molecule has 3 heterocycles. The molecule has 3 aromatic heterocycles. The summed E-state index contributed by atoms with van der Waals surface area (Å²) >= 11 is 1.26. The number of aryl methyl sites for hydroxylation is 1. The van der Waals surface area contributed by atoms with E-state index in [2.05, 4.69) is 15.3 Å². The topological polar surface area (TPSA) is 102 Å². The van der Waals surface area contributed by atoms with E-state index in [0.717, 1.165) is 12.1 Å². The zero-order chi connectivity index (χ0) is 24.7. The number of alkyl halides is 3. The zero-order valence-electron chi connectivity index (χ0n) is 17.9. The van der Waals surface area contributed by atoms with E-state index in [1.54, 1.807) is 12.4 Å². The van der Waals surface area contributed by atoms with Crippen LogP contribution in [0.15, 0.2) is 64.5 Å². The van der Waals surface area contributed by atoms with E-state index in [0.29, 0.717) is 0 Å². The Kier molecular flexibility index (Phi) is 5.87. The van der Waals surface area contributed by atoms with Crippen LogP contribution in [0.3, 0.4) is 0 Å². The smallest absolute Gasteiger partial charge is 0.377 e. The number of halogens is 3. The third kappa shape index (κ3) is 4.50. The van der Waals surface area contributed by atoms with Gasteiger partial charge in [0.05, 0.1) is 11.1 Å². The molecule has 34 heavy (non-hydrogen) atoms. The highest BCUT2D eigenvalue weighted by molar-refractivity contribution is 7.07. The third-order valence-corrected chi connectivity index (χ3v) is 5.73. The summed E-state index contributed by atoms with van der Waals surface area (Å²) in [7, 11) is 1.56. The highest BCUT2D eigenvalue weighted by atomic mass is 32.1. The van der Waals surface area contributed by atoms with Gasteiger partial charge in [0.1, 0.15) is 17.1 Å². The minimum absolute atomic E-state index is 0.00461. The first-order chi connectivity index (χ1) is 16.0. The van der Waals surface area contributed by atoms with Crippen LogP contribution in [0.1, 0.15) is 34.4 Å². The third-order valence-electron chi connectivity index (χ3n) is 5.14. The molecule has 4 aromatic rings. The first kappa shape index (κ1) is 23.4. The van der Waals surface area contributed by atoms with Crippen molar-refractivity contribution >= 4 is 22.9 Å². The number of benzene rings is 1. The maximum atomic E-state index is 13.1. The summed E-state index contributed by atoms with van der Waals surface area (Å²) in [5.74, 6) is -0.280. The van der Waals surface area contributed by atoms with E-state index < -0.39 is 28.8 Å². The van der Waals surface area contributed by atoms with Gasteiger partial charge in [0.2, 0.25) is 0 Å². The van der Waals surface area contributed by atoms with Crippen LogP contribution in [0.25, 0.3) is 5.82 Å². The first-order valence-electron chi connectivity index (χ1n) is 9.83. The molecular formula is C22H18F3N5O3S. The number of nitrogens with one attached hydrogen (secondary N) is 1. The number of anilines is 1. The van der Waals surface area contributed by atoms with Crippen molar-refractivity contribution in [2.24, 2.45) is 7.05 Å². The number of thiazole rings is 1. The molecule has 4 rings (SSSR count). The molecular weight excluding hydrogens is 471 g/mol. The number of carbonyl (C=O) groups is 1. The summed E-state index contributed by atoms with van der Waals surface area (Å²) < 4.78 is 42.0. The second-order valence-electron chi connectivity index (χ2n) is 7.64. The molecule has 2 N–H and O–H groups in total. The first-order valence-corrected chi connectivity index (χ1v) is 10.8. The Hall–Kier alpha value is -3.77. The highest BCUT2D eigenvalue weighted by Crippen LogP contribution is 2.34. The van der Waals surface area contributed by atoms with Crippen LogP contribution in [-0.4, -0.2) is 30.1 Å². The Morgan fingerprint density at radius 1 is 1.18 bits per heavy atom. The normalized spacial score (nSPS) is 13.5. The molecule has 1 amide bonds. The molecule has 0 radical (unpaired) electrons. The predicted molar refractivity (Wildman–Crippen MR) is 119 cm³/mol. The van der Waals surface area contributed by atoms with Crippen molar-refractivity contribution in [2.45, 2.75) is 18.7 Å². The average molecular weight is 489 g/mol. The minimum atomic E-state index is -4.57. The fourth-order valence-electron chi connectivity index (χ4n) is 3.41. The largest absolute Gasteiger partial charge is 0.416 e. The number of pyridine rings is 1. The summed E-state index contributed by atoms with van der Waals surface area (Å²) in [5.41, 5.74) is -1.30. The Balaban J connectivity index is 1.64. The van der Waals surface area contributed by atoms with Crippen LogP contribution in [-0.2, 0) is 18.8 Å². The van der Waals surface area contributed by atoms with Gasteiger partial charge in [-0.05, 0) is 30.7 Å². The van der Waals surface area contributed by atoms with Gasteiger partial charge in [-0.2, -0.15) is 13.2 Å². The number of rotatable bonds is 5. The lowest BCUT2D eigenvalue weighted by Crippen LogP contribution is -2.27. The zero-order valence-corrected chi connectivity index (χ0v) is 18.7. The lowest BCUT2D eigenvalue weighted by molar-refractivity contribution is -0.137. The molecule has 12 heteroatoms. The molecule has 1 unspecified atom stereocenters. The molecule has 0 aliphatic carbocycles. The van der Waals surface area contributed by atoms with Gasteiger partial charge in [0.25, 0.3) is 11.5 Å². The Labute approximate surface area is 195 Å². The fraction of sp³-hybridized carbons (Fsp3) is 0.182. The fourth-order valence-corrected chi connectivity index (χ4v) is 3.94. The average Bonchev–Trinajstić information content (AvgIpc) is 3.44. The molecule has 0 spiro atoms. The lowest BCUT2D eigenvalue weighted by atomic mass is 9.93. The van der Waals surface area contributed by atoms with Crippen molar-refractivity contribution in [1.82, 2.24) is 19.1 Å². The van der Waals surface area contributed by atoms with Gasteiger partial charge < -0.3 is 15.0 Å². The van der Waals surface area contributed by atoms with Crippen LogP contribution >= 0.6 is 11.3 Å². The van der Waals surface area contributed by atoms with Crippen molar-refractivity contribution in [2.75, 3.05) is 5.32 Å². The van der Waals surface area contributed by atoms with Crippen LogP contribution in [0, 0.1) is 0 Å². The molecule has 0 fully saturated rings.